The monoisotopic (exact) mass is 371 g/mol. The maximum atomic E-state index is 12.4. The molecule has 0 aliphatic rings. The minimum absolute atomic E-state index is 0.00475. The van der Waals surface area contributed by atoms with Crippen molar-refractivity contribution in [2.45, 2.75) is 6.54 Å². The Hall–Kier alpha value is -3.10. The Kier molecular flexibility index (Phi) is 4.91. The lowest BCUT2D eigenvalue weighted by atomic mass is 10.1. The molecule has 0 saturated heterocycles. The number of benzene rings is 3. The lowest BCUT2D eigenvalue weighted by Gasteiger charge is -2.05. The van der Waals surface area contributed by atoms with Crippen LogP contribution < -0.4 is 0 Å². The predicted molar refractivity (Wildman–Crippen MR) is 112 cm³/mol. The average Bonchev–Trinajstić information content (AvgIpc) is 3.06. The standard InChI is InChI=1S/C24H18ClNO/c25-21-13-10-18(11-14-21)16-26-17-20(22-8-4-5-9-23(22)26)12-15-24(27)19-6-2-1-3-7-19/h1-15,17H,16H2/b15-12+. The van der Waals surface area contributed by atoms with E-state index < -0.39 is 0 Å². The molecule has 0 N–H and O–H groups in total. The second-order valence-corrected chi connectivity index (χ2v) is 6.86. The molecule has 0 spiro atoms. The number of ketones is 1. The SMILES string of the molecule is O=C(/C=C/c1cn(Cc2ccc(Cl)cc2)c2ccccc12)c1ccccc1. The first-order valence-electron chi connectivity index (χ1n) is 8.80. The van der Waals surface area contributed by atoms with E-state index >= 15 is 0 Å². The van der Waals surface area contributed by atoms with Crippen LogP contribution in [0.15, 0.2) is 91.1 Å². The van der Waals surface area contributed by atoms with Crippen LogP contribution in [-0.2, 0) is 6.54 Å². The zero-order chi connectivity index (χ0) is 18.6. The van der Waals surface area contributed by atoms with Crippen molar-refractivity contribution in [3.63, 3.8) is 0 Å². The van der Waals surface area contributed by atoms with Crippen molar-refractivity contribution in [3.8, 4) is 0 Å². The molecule has 0 saturated carbocycles. The highest BCUT2D eigenvalue weighted by atomic mass is 35.5. The Morgan fingerprint density at radius 2 is 1.59 bits per heavy atom. The number of hydrogen-bond acceptors (Lipinski definition) is 1. The maximum absolute atomic E-state index is 12.4. The molecule has 0 fully saturated rings. The highest BCUT2D eigenvalue weighted by Gasteiger charge is 2.08. The number of aromatic nitrogens is 1. The second-order valence-electron chi connectivity index (χ2n) is 6.42. The van der Waals surface area contributed by atoms with E-state index in [1.54, 1.807) is 6.08 Å². The summed E-state index contributed by atoms with van der Waals surface area (Å²) in [5.74, 6) is 0.00475. The summed E-state index contributed by atoms with van der Waals surface area (Å²) < 4.78 is 2.20. The Bertz CT molecular complexity index is 1110. The molecule has 27 heavy (non-hydrogen) atoms. The normalized spacial score (nSPS) is 11.3. The summed E-state index contributed by atoms with van der Waals surface area (Å²) in [6.07, 6.45) is 5.63. The molecule has 0 amide bonds. The molecular formula is C24H18ClNO. The molecule has 3 aromatic carbocycles. The van der Waals surface area contributed by atoms with Gasteiger partial charge in [0, 0.05) is 39.8 Å². The molecule has 1 aromatic heterocycles. The lowest BCUT2D eigenvalue weighted by Crippen LogP contribution is -1.97. The molecule has 0 aliphatic carbocycles. The summed E-state index contributed by atoms with van der Waals surface area (Å²) in [6, 6.07) is 25.4. The van der Waals surface area contributed by atoms with E-state index in [4.69, 9.17) is 11.6 Å². The van der Waals surface area contributed by atoms with Crippen molar-refractivity contribution in [1.82, 2.24) is 4.57 Å². The quantitative estimate of drug-likeness (QED) is 0.300. The fraction of sp³-hybridized carbons (Fsp3) is 0.0417. The summed E-state index contributed by atoms with van der Waals surface area (Å²) in [5.41, 5.74) is 4.04. The first-order chi connectivity index (χ1) is 13.2. The van der Waals surface area contributed by atoms with Crippen LogP contribution in [0.5, 0.6) is 0 Å². The van der Waals surface area contributed by atoms with Crippen molar-refractivity contribution in [2.75, 3.05) is 0 Å². The van der Waals surface area contributed by atoms with E-state index in [9.17, 15) is 4.79 Å². The maximum Gasteiger partial charge on any atom is 0.185 e. The van der Waals surface area contributed by atoms with Crippen LogP contribution in [-0.4, -0.2) is 10.4 Å². The Labute approximate surface area is 163 Å². The van der Waals surface area contributed by atoms with E-state index in [0.717, 1.165) is 28.0 Å². The van der Waals surface area contributed by atoms with Gasteiger partial charge in [-0.2, -0.15) is 0 Å². The molecule has 0 aliphatic heterocycles. The molecular weight excluding hydrogens is 354 g/mol. The minimum atomic E-state index is 0.00475. The minimum Gasteiger partial charge on any atom is -0.342 e. The van der Waals surface area contributed by atoms with Gasteiger partial charge in [-0.1, -0.05) is 72.3 Å². The third-order valence-electron chi connectivity index (χ3n) is 4.56. The van der Waals surface area contributed by atoms with Crippen LogP contribution in [0.3, 0.4) is 0 Å². The number of allylic oxidation sites excluding steroid dienone is 1. The van der Waals surface area contributed by atoms with Gasteiger partial charge in [0.25, 0.3) is 0 Å². The van der Waals surface area contributed by atoms with E-state index in [2.05, 4.69) is 22.9 Å². The fourth-order valence-electron chi connectivity index (χ4n) is 3.19. The zero-order valence-electron chi connectivity index (χ0n) is 14.7. The number of carbonyl (C=O) groups is 1. The second kappa shape index (κ2) is 7.65. The van der Waals surface area contributed by atoms with Crippen molar-refractivity contribution in [1.29, 1.82) is 0 Å². The topological polar surface area (TPSA) is 22.0 Å². The Balaban J connectivity index is 1.66. The number of hydrogen-bond donors (Lipinski definition) is 0. The number of fused-ring (bicyclic) bond motifs is 1. The molecule has 4 rings (SSSR count). The molecule has 0 atom stereocenters. The first kappa shape index (κ1) is 17.3. The summed E-state index contributed by atoms with van der Waals surface area (Å²) >= 11 is 5.99. The van der Waals surface area contributed by atoms with E-state index in [1.807, 2.05) is 72.8 Å². The zero-order valence-corrected chi connectivity index (χ0v) is 15.4. The van der Waals surface area contributed by atoms with Gasteiger partial charge in [-0.25, -0.2) is 0 Å². The number of nitrogens with zero attached hydrogens (tertiary/aromatic N) is 1. The number of para-hydroxylation sites is 1. The largest absolute Gasteiger partial charge is 0.342 e. The molecule has 0 bridgehead atoms. The molecule has 132 valence electrons. The molecule has 3 heteroatoms. The van der Waals surface area contributed by atoms with Crippen molar-refractivity contribution in [3.05, 3.63) is 113 Å². The molecule has 1 heterocycles. The van der Waals surface area contributed by atoms with Crippen LogP contribution in [0.4, 0.5) is 0 Å². The van der Waals surface area contributed by atoms with Crippen LogP contribution in [0.25, 0.3) is 17.0 Å². The van der Waals surface area contributed by atoms with Crippen LogP contribution in [0, 0.1) is 0 Å². The highest BCUT2D eigenvalue weighted by Crippen LogP contribution is 2.24. The van der Waals surface area contributed by atoms with E-state index in [1.165, 1.54) is 5.56 Å². The smallest absolute Gasteiger partial charge is 0.185 e. The van der Waals surface area contributed by atoms with Crippen molar-refractivity contribution >= 4 is 34.4 Å². The van der Waals surface area contributed by atoms with Crippen LogP contribution >= 0.6 is 11.6 Å². The summed E-state index contributed by atoms with van der Waals surface area (Å²) in [7, 11) is 0. The van der Waals surface area contributed by atoms with Gasteiger partial charge in [0.1, 0.15) is 0 Å². The first-order valence-corrected chi connectivity index (χ1v) is 9.18. The number of carbonyl (C=O) groups excluding carboxylic acids is 1. The van der Waals surface area contributed by atoms with Crippen molar-refractivity contribution in [2.24, 2.45) is 0 Å². The molecule has 2 nitrogen and oxygen atoms in total. The Morgan fingerprint density at radius 1 is 0.889 bits per heavy atom. The molecule has 0 unspecified atom stereocenters. The van der Waals surface area contributed by atoms with E-state index in [0.29, 0.717) is 5.56 Å². The van der Waals surface area contributed by atoms with Crippen LogP contribution in [0.1, 0.15) is 21.5 Å². The van der Waals surface area contributed by atoms with Gasteiger partial charge in [-0.05, 0) is 35.9 Å². The van der Waals surface area contributed by atoms with Crippen LogP contribution in [0.2, 0.25) is 5.02 Å². The van der Waals surface area contributed by atoms with Crippen molar-refractivity contribution < 1.29 is 4.79 Å². The van der Waals surface area contributed by atoms with Gasteiger partial charge >= 0.3 is 0 Å². The molecule has 0 radical (unpaired) electrons. The fourth-order valence-corrected chi connectivity index (χ4v) is 3.32. The summed E-state index contributed by atoms with van der Waals surface area (Å²) in [6.45, 7) is 0.748. The third kappa shape index (κ3) is 3.86. The number of rotatable bonds is 5. The average molecular weight is 372 g/mol. The summed E-state index contributed by atoms with van der Waals surface area (Å²) in [4.78, 5) is 12.4. The Morgan fingerprint density at radius 3 is 2.37 bits per heavy atom. The van der Waals surface area contributed by atoms with Gasteiger partial charge in [0.15, 0.2) is 5.78 Å². The van der Waals surface area contributed by atoms with Gasteiger partial charge < -0.3 is 4.57 Å². The lowest BCUT2D eigenvalue weighted by molar-refractivity contribution is 0.104. The summed E-state index contributed by atoms with van der Waals surface area (Å²) in [5, 5.41) is 1.86. The predicted octanol–water partition coefficient (Wildman–Crippen LogP) is 6.24. The van der Waals surface area contributed by atoms with Gasteiger partial charge in [0.05, 0.1) is 0 Å². The van der Waals surface area contributed by atoms with E-state index in [-0.39, 0.29) is 5.78 Å². The third-order valence-corrected chi connectivity index (χ3v) is 4.81. The molecule has 4 aromatic rings. The van der Waals surface area contributed by atoms with Gasteiger partial charge in [-0.3, -0.25) is 4.79 Å². The number of halogens is 1. The van der Waals surface area contributed by atoms with Gasteiger partial charge in [-0.15, -0.1) is 0 Å². The highest BCUT2D eigenvalue weighted by molar-refractivity contribution is 6.30. The van der Waals surface area contributed by atoms with Gasteiger partial charge in [0.2, 0.25) is 0 Å².